The van der Waals surface area contributed by atoms with E-state index in [1.807, 2.05) is 39.2 Å². The highest BCUT2D eigenvalue weighted by molar-refractivity contribution is 5.96. The van der Waals surface area contributed by atoms with Crippen molar-refractivity contribution in [2.24, 2.45) is 0 Å². The van der Waals surface area contributed by atoms with Crippen molar-refractivity contribution in [1.82, 2.24) is 10.2 Å². The maximum atomic E-state index is 11.8. The molecule has 0 aromatic carbocycles. The van der Waals surface area contributed by atoms with Crippen LogP contribution in [0.5, 0.6) is 0 Å². The summed E-state index contributed by atoms with van der Waals surface area (Å²) in [7, 11) is 4.07. The van der Waals surface area contributed by atoms with E-state index < -0.39 is 0 Å². The van der Waals surface area contributed by atoms with Crippen LogP contribution >= 0.6 is 0 Å². The Hall–Kier alpha value is -1.09. The Morgan fingerprint density at radius 1 is 1.35 bits per heavy atom. The van der Waals surface area contributed by atoms with Crippen molar-refractivity contribution >= 4 is 5.91 Å². The Morgan fingerprint density at radius 3 is 2.59 bits per heavy atom. The number of unbranched alkanes of at least 4 members (excludes halogenated alkanes) is 1. The highest BCUT2D eigenvalue weighted by Gasteiger charge is 2.04. The van der Waals surface area contributed by atoms with Crippen molar-refractivity contribution in [2.75, 3.05) is 27.2 Å². The number of carbonyl (C=O) groups excluding carboxylic acids is 1. The second-order valence-corrected chi connectivity index (χ2v) is 4.36. The number of nitrogens with zero attached hydrogens (tertiary/aromatic N) is 1. The van der Waals surface area contributed by atoms with Crippen molar-refractivity contribution in [3.05, 3.63) is 23.8 Å². The maximum absolute atomic E-state index is 11.8. The monoisotopic (exact) mass is 238 g/mol. The maximum Gasteiger partial charge on any atom is 0.250 e. The molecule has 0 radical (unpaired) electrons. The molecular formula is C14H26N2O. The van der Waals surface area contributed by atoms with Crippen LogP contribution in [-0.4, -0.2) is 38.0 Å². The molecule has 98 valence electrons. The lowest BCUT2D eigenvalue weighted by Gasteiger charge is -2.10. The largest absolute Gasteiger partial charge is 0.352 e. The van der Waals surface area contributed by atoms with Crippen LogP contribution < -0.4 is 5.32 Å². The first kappa shape index (κ1) is 15.9. The van der Waals surface area contributed by atoms with Crippen molar-refractivity contribution in [3.63, 3.8) is 0 Å². The van der Waals surface area contributed by atoms with Crippen LogP contribution in [0.2, 0.25) is 0 Å². The second kappa shape index (κ2) is 10.1. The molecule has 0 bridgehead atoms. The Labute approximate surface area is 106 Å². The summed E-state index contributed by atoms with van der Waals surface area (Å²) in [6.07, 6.45) is 8.77. The number of allylic oxidation sites excluding steroid dienone is 2. The Morgan fingerprint density at radius 2 is 2.06 bits per heavy atom. The average molecular weight is 238 g/mol. The minimum atomic E-state index is 0.0373. The first-order chi connectivity index (χ1) is 8.11. The molecule has 3 heteroatoms. The van der Waals surface area contributed by atoms with Crippen LogP contribution in [0.3, 0.4) is 0 Å². The fourth-order valence-electron chi connectivity index (χ4n) is 1.42. The predicted molar refractivity (Wildman–Crippen MR) is 74.0 cm³/mol. The zero-order valence-electron chi connectivity index (χ0n) is 11.6. The van der Waals surface area contributed by atoms with E-state index in [-0.39, 0.29) is 5.91 Å². The van der Waals surface area contributed by atoms with Gasteiger partial charge in [0.05, 0.1) is 0 Å². The fraction of sp³-hybridized carbons (Fsp3) is 0.643. The molecule has 3 nitrogen and oxygen atoms in total. The van der Waals surface area contributed by atoms with E-state index in [2.05, 4.69) is 17.1 Å². The number of hydrogen-bond donors (Lipinski definition) is 1. The molecule has 0 aliphatic carbocycles. The minimum absolute atomic E-state index is 0.0373. The molecule has 0 heterocycles. The molecule has 17 heavy (non-hydrogen) atoms. The van der Waals surface area contributed by atoms with Crippen LogP contribution in [0.25, 0.3) is 0 Å². The number of amides is 1. The van der Waals surface area contributed by atoms with Crippen LogP contribution in [0.1, 0.15) is 33.1 Å². The number of rotatable bonds is 8. The highest BCUT2D eigenvalue weighted by Crippen LogP contribution is 2.01. The van der Waals surface area contributed by atoms with Crippen LogP contribution in [0.4, 0.5) is 0 Å². The summed E-state index contributed by atoms with van der Waals surface area (Å²) in [6.45, 7) is 5.77. The van der Waals surface area contributed by atoms with Crippen molar-refractivity contribution in [3.8, 4) is 0 Å². The van der Waals surface area contributed by atoms with Crippen LogP contribution in [0, 0.1) is 0 Å². The van der Waals surface area contributed by atoms with Crippen LogP contribution in [0.15, 0.2) is 23.8 Å². The van der Waals surface area contributed by atoms with Gasteiger partial charge in [-0.15, -0.1) is 0 Å². The average Bonchev–Trinajstić information content (AvgIpc) is 2.29. The zero-order chi connectivity index (χ0) is 13.1. The number of nitrogens with one attached hydrogen (secondary N) is 1. The molecule has 0 saturated heterocycles. The quantitative estimate of drug-likeness (QED) is 0.400. The summed E-state index contributed by atoms with van der Waals surface area (Å²) in [5, 5.41) is 2.95. The number of carbonyl (C=O) groups is 1. The summed E-state index contributed by atoms with van der Waals surface area (Å²) in [6, 6.07) is 0. The van der Waals surface area contributed by atoms with E-state index in [1.165, 1.54) is 0 Å². The van der Waals surface area contributed by atoms with Gasteiger partial charge in [0.2, 0.25) is 0 Å². The molecular weight excluding hydrogens is 212 g/mol. The van der Waals surface area contributed by atoms with Gasteiger partial charge >= 0.3 is 0 Å². The molecule has 0 fully saturated rings. The standard InChI is InChI=1S/C14H26N2O/c1-5-7-10-13(9-6-2)14(17)15-11-8-12-16(3)4/h6,9-10H,5,7-8,11-12H2,1-4H3,(H,15,17)/b9-6-,13-10+. The molecule has 0 spiro atoms. The summed E-state index contributed by atoms with van der Waals surface area (Å²) in [5.41, 5.74) is 0.777. The summed E-state index contributed by atoms with van der Waals surface area (Å²) < 4.78 is 0. The van der Waals surface area contributed by atoms with Gasteiger partial charge in [0, 0.05) is 12.1 Å². The molecule has 1 N–H and O–H groups in total. The van der Waals surface area contributed by atoms with Gasteiger partial charge in [-0.1, -0.05) is 31.6 Å². The summed E-state index contributed by atoms with van der Waals surface area (Å²) in [5.74, 6) is 0.0373. The molecule has 0 aromatic rings. The molecule has 0 aliphatic rings. The van der Waals surface area contributed by atoms with Crippen molar-refractivity contribution in [1.29, 1.82) is 0 Å². The zero-order valence-corrected chi connectivity index (χ0v) is 11.6. The minimum Gasteiger partial charge on any atom is -0.352 e. The van der Waals surface area contributed by atoms with Crippen molar-refractivity contribution in [2.45, 2.75) is 33.1 Å². The predicted octanol–water partition coefficient (Wildman–Crippen LogP) is 2.36. The van der Waals surface area contributed by atoms with E-state index in [0.717, 1.165) is 37.9 Å². The third kappa shape index (κ3) is 8.69. The first-order valence-corrected chi connectivity index (χ1v) is 6.37. The van der Waals surface area contributed by atoms with E-state index in [0.29, 0.717) is 0 Å². The Balaban J connectivity index is 4.06. The van der Waals surface area contributed by atoms with Gasteiger partial charge in [0.1, 0.15) is 0 Å². The Kier molecular flexibility index (Phi) is 9.44. The number of hydrogen-bond acceptors (Lipinski definition) is 2. The molecule has 0 unspecified atom stereocenters. The van der Waals surface area contributed by atoms with E-state index >= 15 is 0 Å². The van der Waals surface area contributed by atoms with E-state index in [1.54, 1.807) is 0 Å². The second-order valence-electron chi connectivity index (χ2n) is 4.36. The van der Waals surface area contributed by atoms with Gasteiger partial charge in [-0.25, -0.2) is 0 Å². The van der Waals surface area contributed by atoms with Gasteiger partial charge in [0.15, 0.2) is 0 Å². The van der Waals surface area contributed by atoms with Gasteiger partial charge in [-0.2, -0.15) is 0 Å². The van der Waals surface area contributed by atoms with Gasteiger partial charge in [0.25, 0.3) is 5.91 Å². The molecule has 0 aliphatic heterocycles. The summed E-state index contributed by atoms with van der Waals surface area (Å²) >= 11 is 0. The SMILES string of the molecule is C/C=C\C(=C/CCC)C(=O)NCCCN(C)C. The lowest BCUT2D eigenvalue weighted by atomic mass is 10.1. The third-order valence-corrected chi connectivity index (χ3v) is 2.33. The molecule has 0 atom stereocenters. The van der Waals surface area contributed by atoms with Gasteiger partial charge in [-0.05, 0) is 40.4 Å². The fourth-order valence-corrected chi connectivity index (χ4v) is 1.42. The third-order valence-electron chi connectivity index (χ3n) is 2.33. The topological polar surface area (TPSA) is 32.3 Å². The van der Waals surface area contributed by atoms with Gasteiger partial charge in [-0.3, -0.25) is 4.79 Å². The Bertz CT molecular complexity index is 267. The smallest absolute Gasteiger partial charge is 0.250 e. The molecule has 0 aromatic heterocycles. The lowest BCUT2D eigenvalue weighted by molar-refractivity contribution is -0.117. The molecule has 0 saturated carbocycles. The summed E-state index contributed by atoms with van der Waals surface area (Å²) in [4.78, 5) is 14.0. The molecule has 1 amide bonds. The normalized spacial score (nSPS) is 12.4. The molecule has 0 rings (SSSR count). The van der Waals surface area contributed by atoms with Gasteiger partial charge < -0.3 is 10.2 Å². The highest BCUT2D eigenvalue weighted by atomic mass is 16.1. The van der Waals surface area contributed by atoms with E-state index in [9.17, 15) is 4.79 Å². The van der Waals surface area contributed by atoms with Crippen molar-refractivity contribution < 1.29 is 4.79 Å². The first-order valence-electron chi connectivity index (χ1n) is 6.37. The van der Waals surface area contributed by atoms with E-state index in [4.69, 9.17) is 0 Å². The van der Waals surface area contributed by atoms with Crippen LogP contribution in [-0.2, 0) is 4.79 Å². The lowest BCUT2D eigenvalue weighted by Crippen LogP contribution is -2.27.